The molecule has 1 aliphatic rings. The van der Waals surface area contributed by atoms with Crippen LogP contribution >= 0.6 is 0 Å². The quantitative estimate of drug-likeness (QED) is 0.437. The van der Waals surface area contributed by atoms with Gasteiger partial charge in [-0.2, -0.15) is 5.10 Å². The SMILES string of the molecule is Cc1nn(C)c(C)c1NC(=O)COC(=O)C1CCN(c2ccccc2[N+](=O)[O-])CC1. The number of piperidine rings is 1. The lowest BCUT2D eigenvalue weighted by Crippen LogP contribution is -2.37. The zero-order valence-electron chi connectivity index (χ0n) is 17.3. The van der Waals surface area contributed by atoms with Crippen LogP contribution in [0.15, 0.2) is 24.3 Å². The van der Waals surface area contributed by atoms with E-state index in [-0.39, 0.29) is 18.2 Å². The number of rotatable bonds is 6. The lowest BCUT2D eigenvalue weighted by molar-refractivity contribution is -0.384. The van der Waals surface area contributed by atoms with Gasteiger partial charge in [-0.1, -0.05) is 12.1 Å². The molecule has 10 nitrogen and oxygen atoms in total. The second-order valence-corrected chi connectivity index (χ2v) is 7.33. The minimum atomic E-state index is -0.424. The Hall–Kier alpha value is -3.43. The first kappa shape index (κ1) is 21.3. The maximum Gasteiger partial charge on any atom is 0.309 e. The molecular formula is C20H25N5O5. The van der Waals surface area contributed by atoms with Crippen LogP contribution in [-0.2, 0) is 21.4 Å². The van der Waals surface area contributed by atoms with Crippen LogP contribution in [-0.4, -0.2) is 46.3 Å². The van der Waals surface area contributed by atoms with Crippen LogP contribution in [0.1, 0.15) is 24.2 Å². The van der Waals surface area contributed by atoms with Crippen LogP contribution in [0, 0.1) is 29.9 Å². The minimum absolute atomic E-state index is 0.0520. The number of ether oxygens (including phenoxy) is 1. The van der Waals surface area contributed by atoms with E-state index in [2.05, 4.69) is 10.4 Å². The molecule has 2 aromatic rings. The number of carbonyl (C=O) groups excluding carboxylic acids is 2. The highest BCUT2D eigenvalue weighted by Crippen LogP contribution is 2.31. The molecule has 0 aliphatic carbocycles. The van der Waals surface area contributed by atoms with E-state index >= 15 is 0 Å². The van der Waals surface area contributed by atoms with Gasteiger partial charge in [-0.05, 0) is 32.8 Å². The van der Waals surface area contributed by atoms with E-state index in [9.17, 15) is 19.7 Å². The number of para-hydroxylation sites is 2. The number of nitrogens with zero attached hydrogens (tertiary/aromatic N) is 4. The van der Waals surface area contributed by atoms with Crippen LogP contribution in [0.4, 0.5) is 17.1 Å². The molecule has 0 atom stereocenters. The van der Waals surface area contributed by atoms with Crippen LogP contribution in [0.3, 0.4) is 0 Å². The average Bonchev–Trinajstić information content (AvgIpc) is 2.98. The van der Waals surface area contributed by atoms with Crippen molar-refractivity contribution in [3.05, 3.63) is 45.8 Å². The van der Waals surface area contributed by atoms with Crippen molar-refractivity contribution in [1.82, 2.24) is 9.78 Å². The van der Waals surface area contributed by atoms with Gasteiger partial charge in [-0.3, -0.25) is 24.4 Å². The molecule has 1 aromatic heterocycles. The second kappa shape index (κ2) is 8.93. The number of hydrogen-bond donors (Lipinski definition) is 1. The van der Waals surface area contributed by atoms with Crippen molar-refractivity contribution >= 4 is 28.9 Å². The Kier molecular flexibility index (Phi) is 6.34. The highest BCUT2D eigenvalue weighted by molar-refractivity contribution is 5.94. The fraction of sp³-hybridized carbons (Fsp3) is 0.450. The molecule has 10 heteroatoms. The van der Waals surface area contributed by atoms with Gasteiger partial charge in [0, 0.05) is 26.2 Å². The van der Waals surface area contributed by atoms with Gasteiger partial charge in [0.25, 0.3) is 11.6 Å². The minimum Gasteiger partial charge on any atom is -0.455 e. The molecular weight excluding hydrogens is 390 g/mol. The zero-order chi connectivity index (χ0) is 21.8. The highest BCUT2D eigenvalue weighted by atomic mass is 16.6. The van der Waals surface area contributed by atoms with E-state index in [1.54, 1.807) is 36.9 Å². The molecule has 1 N–H and O–H groups in total. The van der Waals surface area contributed by atoms with Crippen LogP contribution in [0.25, 0.3) is 0 Å². The third-order valence-electron chi connectivity index (χ3n) is 5.37. The summed E-state index contributed by atoms with van der Waals surface area (Å²) in [7, 11) is 1.79. The van der Waals surface area contributed by atoms with Crippen molar-refractivity contribution in [1.29, 1.82) is 0 Å². The monoisotopic (exact) mass is 415 g/mol. The summed E-state index contributed by atoms with van der Waals surface area (Å²) in [6.45, 7) is 4.28. The first-order valence-corrected chi connectivity index (χ1v) is 9.73. The predicted octanol–water partition coefficient (Wildman–Crippen LogP) is 2.34. The Morgan fingerprint density at radius 3 is 2.53 bits per heavy atom. The number of hydrogen-bond acceptors (Lipinski definition) is 7. The van der Waals surface area contributed by atoms with Crippen molar-refractivity contribution < 1.29 is 19.2 Å². The fourth-order valence-corrected chi connectivity index (χ4v) is 3.63. The molecule has 0 unspecified atom stereocenters. The van der Waals surface area contributed by atoms with Crippen LogP contribution < -0.4 is 10.2 Å². The second-order valence-electron chi connectivity index (χ2n) is 7.33. The topological polar surface area (TPSA) is 120 Å². The first-order chi connectivity index (χ1) is 14.3. The summed E-state index contributed by atoms with van der Waals surface area (Å²) in [6, 6.07) is 6.57. The van der Waals surface area contributed by atoms with Gasteiger partial charge in [0.15, 0.2) is 6.61 Å². The molecule has 1 saturated heterocycles. The van der Waals surface area contributed by atoms with Gasteiger partial charge in [0.1, 0.15) is 5.69 Å². The Labute approximate surface area is 174 Å². The molecule has 1 amide bonds. The number of benzene rings is 1. The molecule has 30 heavy (non-hydrogen) atoms. The Morgan fingerprint density at radius 2 is 1.93 bits per heavy atom. The molecule has 1 aromatic carbocycles. The largest absolute Gasteiger partial charge is 0.455 e. The number of amides is 1. The van der Waals surface area contributed by atoms with Crippen molar-refractivity contribution in [3.63, 3.8) is 0 Å². The third kappa shape index (κ3) is 4.58. The summed E-state index contributed by atoms with van der Waals surface area (Å²) in [6.07, 6.45) is 1.01. The molecule has 0 radical (unpaired) electrons. The standard InChI is InChI=1S/C20H25N5O5/c1-13-19(14(2)23(3)22-13)21-18(26)12-30-20(27)15-8-10-24(11-9-15)16-6-4-5-7-17(16)25(28)29/h4-7,15H,8-12H2,1-3H3,(H,21,26). The number of carbonyl (C=O) groups is 2. The van der Waals surface area contributed by atoms with Crippen molar-refractivity contribution in [2.24, 2.45) is 13.0 Å². The number of nitro groups is 1. The molecule has 0 saturated carbocycles. The van der Waals surface area contributed by atoms with E-state index in [0.29, 0.717) is 43.0 Å². The van der Waals surface area contributed by atoms with E-state index in [0.717, 1.165) is 5.69 Å². The van der Waals surface area contributed by atoms with Gasteiger partial charge in [-0.15, -0.1) is 0 Å². The summed E-state index contributed by atoms with van der Waals surface area (Å²) >= 11 is 0. The average molecular weight is 415 g/mol. The maximum absolute atomic E-state index is 12.4. The summed E-state index contributed by atoms with van der Waals surface area (Å²) in [4.78, 5) is 37.2. The molecule has 3 rings (SSSR count). The lowest BCUT2D eigenvalue weighted by Gasteiger charge is -2.32. The summed E-state index contributed by atoms with van der Waals surface area (Å²) in [5.74, 6) is -1.18. The normalized spacial score (nSPS) is 14.4. The van der Waals surface area contributed by atoms with Crippen LogP contribution in [0.5, 0.6) is 0 Å². The Bertz CT molecular complexity index is 962. The number of aromatic nitrogens is 2. The zero-order valence-corrected chi connectivity index (χ0v) is 17.3. The van der Waals surface area contributed by atoms with E-state index in [1.165, 1.54) is 6.07 Å². The Balaban J connectivity index is 1.50. The number of aryl methyl sites for hydroxylation is 2. The van der Waals surface area contributed by atoms with Gasteiger partial charge in [0.05, 0.1) is 27.9 Å². The van der Waals surface area contributed by atoms with Crippen molar-refractivity contribution in [3.8, 4) is 0 Å². The summed E-state index contributed by atoms with van der Waals surface area (Å²) in [5, 5.41) is 18.2. The number of anilines is 2. The predicted molar refractivity (Wildman–Crippen MR) is 110 cm³/mol. The lowest BCUT2D eigenvalue weighted by atomic mass is 9.96. The molecule has 160 valence electrons. The van der Waals surface area contributed by atoms with Gasteiger partial charge < -0.3 is 15.0 Å². The fourth-order valence-electron chi connectivity index (χ4n) is 3.63. The summed E-state index contributed by atoms with van der Waals surface area (Å²) in [5.41, 5.74) is 2.73. The van der Waals surface area contributed by atoms with Gasteiger partial charge in [-0.25, -0.2) is 0 Å². The van der Waals surface area contributed by atoms with Crippen molar-refractivity contribution in [2.75, 3.05) is 29.9 Å². The molecule has 1 fully saturated rings. The third-order valence-corrected chi connectivity index (χ3v) is 5.37. The van der Waals surface area contributed by atoms with Crippen molar-refractivity contribution in [2.45, 2.75) is 26.7 Å². The number of nitrogens with one attached hydrogen (secondary N) is 1. The number of nitro benzene ring substituents is 1. The highest BCUT2D eigenvalue weighted by Gasteiger charge is 2.29. The summed E-state index contributed by atoms with van der Waals surface area (Å²) < 4.78 is 6.87. The van der Waals surface area contributed by atoms with Crippen LogP contribution in [0.2, 0.25) is 0 Å². The maximum atomic E-state index is 12.4. The Morgan fingerprint density at radius 1 is 1.27 bits per heavy atom. The van der Waals surface area contributed by atoms with E-state index in [4.69, 9.17) is 4.74 Å². The van der Waals surface area contributed by atoms with Gasteiger partial charge >= 0.3 is 5.97 Å². The molecule has 0 bridgehead atoms. The first-order valence-electron chi connectivity index (χ1n) is 9.73. The van der Waals surface area contributed by atoms with Gasteiger partial charge in [0.2, 0.25) is 0 Å². The number of esters is 1. The molecule has 0 spiro atoms. The van der Waals surface area contributed by atoms with E-state index in [1.807, 2.05) is 11.8 Å². The smallest absolute Gasteiger partial charge is 0.309 e. The molecule has 2 heterocycles. The van der Waals surface area contributed by atoms with E-state index < -0.39 is 16.8 Å². The molecule has 1 aliphatic heterocycles.